The van der Waals surface area contributed by atoms with Crippen molar-refractivity contribution in [3.8, 4) is 0 Å². The molecular weight excluding hydrogens is 334 g/mol. The monoisotopic (exact) mass is 346 g/mol. The van der Waals surface area contributed by atoms with E-state index in [-0.39, 0.29) is 18.3 Å². The van der Waals surface area contributed by atoms with Crippen molar-refractivity contribution in [3.05, 3.63) is 0 Å². The molecule has 0 N–H and O–H groups in total. The number of alkyl halides is 6. The Hall–Kier alpha value is -1.48. The van der Waals surface area contributed by atoms with Gasteiger partial charge in [-0.2, -0.15) is 26.3 Å². The fraction of sp³-hybridized carbons (Fsp3) is 0.846. The van der Waals surface area contributed by atoms with Crippen LogP contribution in [0, 0.1) is 23.2 Å². The van der Waals surface area contributed by atoms with Crippen LogP contribution >= 0.6 is 0 Å². The van der Waals surface area contributed by atoms with Crippen molar-refractivity contribution in [1.82, 2.24) is 0 Å². The third-order valence-corrected chi connectivity index (χ3v) is 5.22. The zero-order chi connectivity index (χ0) is 17.4. The van der Waals surface area contributed by atoms with Gasteiger partial charge in [-0.15, -0.1) is 0 Å². The Balaban J connectivity index is 1.88. The molecule has 0 aromatic rings. The Bertz CT molecular complexity index is 542. The number of carbonyl (C=O) groups excluding carboxylic acids is 2. The van der Waals surface area contributed by atoms with Gasteiger partial charge in [-0.05, 0) is 24.7 Å². The van der Waals surface area contributed by atoms with Crippen molar-refractivity contribution in [2.45, 2.75) is 44.3 Å². The summed E-state index contributed by atoms with van der Waals surface area (Å²) in [6.07, 6.45) is -16.3. The third kappa shape index (κ3) is 2.13. The molecule has 2 bridgehead atoms. The molecule has 10 heteroatoms. The molecule has 0 aromatic heterocycles. The van der Waals surface area contributed by atoms with Crippen LogP contribution in [0.3, 0.4) is 0 Å². The van der Waals surface area contributed by atoms with Crippen molar-refractivity contribution < 1.29 is 45.4 Å². The lowest BCUT2D eigenvalue weighted by molar-refractivity contribution is -0.315. The smallest absolute Gasteiger partial charge is 0.434 e. The standard InChI is InChI=1S/C13H12F6O4/c1-4-5-2-6-7(4)22-9(20)11(6,3-5)10(21)23-8(12(14,15)16)13(17,18)19/h4-8H,2-3H2,1H3. The molecule has 5 atom stereocenters. The summed E-state index contributed by atoms with van der Waals surface area (Å²) in [5.74, 6) is -3.81. The second kappa shape index (κ2) is 4.54. The van der Waals surface area contributed by atoms with E-state index in [4.69, 9.17) is 4.74 Å². The van der Waals surface area contributed by atoms with Crippen LogP contribution in [0.25, 0.3) is 0 Å². The molecule has 4 nitrogen and oxygen atoms in total. The van der Waals surface area contributed by atoms with E-state index >= 15 is 0 Å². The van der Waals surface area contributed by atoms with Crippen molar-refractivity contribution in [2.24, 2.45) is 23.2 Å². The van der Waals surface area contributed by atoms with E-state index in [9.17, 15) is 35.9 Å². The quantitative estimate of drug-likeness (QED) is 0.438. The van der Waals surface area contributed by atoms with Crippen LogP contribution in [0.15, 0.2) is 0 Å². The zero-order valence-corrected chi connectivity index (χ0v) is 11.7. The maximum absolute atomic E-state index is 12.5. The number of hydrogen-bond acceptors (Lipinski definition) is 4. The topological polar surface area (TPSA) is 52.6 Å². The van der Waals surface area contributed by atoms with Crippen molar-refractivity contribution in [2.75, 3.05) is 0 Å². The lowest BCUT2D eigenvalue weighted by Crippen LogP contribution is -2.51. The summed E-state index contributed by atoms with van der Waals surface area (Å²) >= 11 is 0. The Morgan fingerprint density at radius 3 is 2.30 bits per heavy atom. The zero-order valence-electron chi connectivity index (χ0n) is 11.7. The van der Waals surface area contributed by atoms with Gasteiger partial charge in [0.1, 0.15) is 6.10 Å². The summed E-state index contributed by atoms with van der Waals surface area (Å²) < 4.78 is 84.0. The first kappa shape index (κ1) is 16.4. The van der Waals surface area contributed by atoms with Crippen LogP contribution in [-0.2, 0) is 19.1 Å². The van der Waals surface area contributed by atoms with Gasteiger partial charge in [0.05, 0.1) is 0 Å². The van der Waals surface area contributed by atoms with E-state index in [1.165, 1.54) is 0 Å². The number of hydrogen-bond donors (Lipinski definition) is 0. The average Bonchev–Trinajstić information content (AvgIpc) is 2.96. The minimum Gasteiger partial charge on any atom is -0.461 e. The van der Waals surface area contributed by atoms with Crippen LogP contribution in [0.5, 0.6) is 0 Å². The SMILES string of the molecule is CC1C2CC3C1OC(=O)C3(C(=O)OC(C(F)(F)F)C(F)(F)F)C2. The van der Waals surface area contributed by atoms with Crippen LogP contribution in [0.4, 0.5) is 26.3 Å². The molecule has 1 heterocycles. The summed E-state index contributed by atoms with van der Waals surface area (Å²) in [6.45, 7) is 1.78. The first-order valence-electron chi connectivity index (χ1n) is 6.94. The summed E-state index contributed by atoms with van der Waals surface area (Å²) in [4.78, 5) is 24.1. The molecule has 3 fully saturated rings. The van der Waals surface area contributed by atoms with Crippen molar-refractivity contribution in [1.29, 1.82) is 0 Å². The minimum atomic E-state index is -5.81. The molecule has 2 aliphatic carbocycles. The van der Waals surface area contributed by atoms with E-state index in [0.717, 1.165) is 0 Å². The van der Waals surface area contributed by atoms with E-state index in [2.05, 4.69) is 4.74 Å². The molecule has 2 saturated carbocycles. The molecule has 130 valence electrons. The first-order chi connectivity index (χ1) is 10.4. The maximum atomic E-state index is 12.5. The minimum absolute atomic E-state index is 0.0756. The van der Waals surface area contributed by atoms with E-state index in [1.807, 2.05) is 0 Å². The van der Waals surface area contributed by atoms with Gasteiger partial charge in [0.2, 0.25) is 0 Å². The fourth-order valence-electron chi connectivity index (χ4n) is 4.13. The molecule has 0 spiro atoms. The van der Waals surface area contributed by atoms with Gasteiger partial charge in [0.25, 0.3) is 6.10 Å². The van der Waals surface area contributed by atoms with Gasteiger partial charge in [0.15, 0.2) is 5.41 Å². The third-order valence-electron chi connectivity index (χ3n) is 5.22. The molecule has 3 rings (SSSR count). The molecule has 23 heavy (non-hydrogen) atoms. The van der Waals surface area contributed by atoms with Crippen LogP contribution in [0.1, 0.15) is 19.8 Å². The highest BCUT2D eigenvalue weighted by Crippen LogP contribution is 2.64. The predicted octanol–water partition coefficient (Wildman–Crippen LogP) is 2.61. The molecule has 0 radical (unpaired) electrons. The molecular formula is C13H12F6O4. The summed E-state index contributed by atoms with van der Waals surface area (Å²) in [7, 11) is 0. The highest BCUT2D eigenvalue weighted by atomic mass is 19.4. The van der Waals surface area contributed by atoms with Gasteiger partial charge in [-0.3, -0.25) is 9.59 Å². The number of fused-ring (bicyclic) bond motifs is 1. The van der Waals surface area contributed by atoms with Crippen LogP contribution in [-0.4, -0.2) is 36.5 Å². The molecule has 1 saturated heterocycles. The molecule has 5 unspecified atom stereocenters. The van der Waals surface area contributed by atoms with Crippen molar-refractivity contribution in [3.63, 3.8) is 0 Å². The van der Waals surface area contributed by atoms with E-state index < -0.39 is 47.8 Å². The normalized spacial score (nSPS) is 39.0. The summed E-state index contributed by atoms with van der Waals surface area (Å²) in [6, 6.07) is 0. The van der Waals surface area contributed by atoms with Gasteiger partial charge in [-0.1, -0.05) is 6.92 Å². The van der Waals surface area contributed by atoms with Crippen LogP contribution in [0.2, 0.25) is 0 Å². The highest BCUT2D eigenvalue weighted by Gasteiger charge is 2.74. The predicted molar refractivity (Wildman–Crippen MR) is 59.7 cm³/mol. The number of halogens is 6. The first-order valence-corrected chi connectivity index (χ1v) is 6.94. The van der Waals surface area contributed by atoms with E-state index in [0.29, 0.717) is 6.42 Å². The maximum Gasteiger partial charge on any atom is 0.434 e. The lowest BCUT2D eigenvalue weighted by Gasteiger charge is -2.31. The highest BCUT2D eigenvalue weighted by molar-refractivity contribution is 6.03. The Morgan fingerprint density at radius 2 is 1.83 bits per heavy atom. The fourth-order valence-corrected chi connectivity index (χ4v) is 4.13. The Morgan fingerprint density at radius 1 is 1.26 bits per heavy atom. The molecule has 3 aliphatic rings. The lowest BCUT2D eigenvalue weighted by atomic mass is 9.71. The second-order valence-corrected chi connectivity index (χ2v) is 6.38. The summed E-state index contributed by atoms with van der Waals surface area (Å²) in [5, 5.41) is 0. The number of rotatable bonds is 2. The molecule has 0 amide bonds. The average molecular weight is 346 g/mol. The van der Waals surface area contributed by atoms with Crippen molar-refractivity contribution >= 4 is 11.9 Å². The van der Waals surface area contributed by atoms with Crippen LogP contribution < -0.4 is 0 Å². The number of esters is 2. The molecule has 0 aromatic carbocycles. The van der Waals surface area contributed by atoms with Gasteiger partial charge < -0.3 is 9.47 Å². The van der Waals surface area contributed by atoms with Gasteiger partial charge >= 0.3 is 24.3 Å². The Labute approximate surface area is 126 Å². The Kier molecular flexibility index (Phi) is 3.23. The van der Waals surface area contributed by atoms with Gasteiger partial charge in [0, 0.05) is 5.92 Å². The molecule has 1 aliphatic heterocycles. The second-order valence-electron chi connectivity index (χ2n) is 6.38. The number of carbonyl (C=O) groups is 2. The van der Waals surface area contributed by atoms with E-state index in [1.54, 1.807) is 6.92 Å². The van der Waals surface area contributed by atoms with Gasteiger partial charge in [-0.25, -0.2) is 0 Å². The largest absolute Gasteiger partial charge is 0.461 e. The summed E-state index contributed by atoms with van der Waals surface area (Å²) in [5.41, 5.74) is -2.03. The number of ether oxygens (including phenoxy) is 2.